The SMILES string of the molecule is Cc1ccc(C)c(OCCCC2(C)C(=O)N2C2CCN(Cc3ccc(OC(F)(F)F)cc3)CC2)c1. The van der Waals surface area contributed by atoms with Crippen LogP contribution in [0.1, 0.15) is 49.3 Å². The normalized spacial score (nSPS) is 21.3. The fourth-order valence-corrected chi connectivity index (χ4v) is 5.01. The van der Waals surface area contributed by atoms with Crippen molar-refractivity contribution < 1.29 is 27.4 Å². The van der Waals surface area contributed by atoms with Crippen LogP contribution in [0.15, 0.2) is 42.5 Å². The Morgan fingerprint density at radius 3 is 2.40 bits per heavy atom. The number of hydrogen-bond donors (Lipinski definition) is 0. The molecule has 4 rings (SSSR count). The highest BCUT2D eigenvalue weighted by atomic mass is 19.4. The van der Waals surface area contributed by atoms with E-state index in [1.54, 1.807) is 12.1 Å². The van der Waals surface area contributed by atoms with Crippen molar-refractivity contribution in [2.24, 2.45) is 0 Å². The average Bonchev–Trinajstić information content (AvgIpc) is 3.34. The van der Waals surface area contributed by atoms with E-state index in [9.17, 15) is 18.0 Å². The Kier molecular flexibility index (Phi) is 7.31. The van der Waals surface area contributed by atoms with Gasteiger partial charge in [-0.1, -0.05) is 24.3 Å². The number of carbonyl (C=O) groups is 1. The number of likely N-dealkylation sites (tertiary alicyclic amines) is 1. The zero-order chi connectivity index (χ0) is 25.2. The summed E-state index contributed by atoms with van der Waals surface area (Å²) >= 11 is 0. The summed E-state index contributed by atoms with van der Waals surface area (Å²) in [7, 11) is 0. The number of nitrogens with zero attached hydrogens (tertiary/aromatic N) is 2. The highest BCUT2D eigenvalue weighted by molar-refractivity contribution is 6.02. The lowest BCUT2D eigenvalue weighted by molar-refractivity contribution is -0.274. The van der Waals surface area contributed by atoms with Crippen LogP contribution in [-0.2, 0) is 11.3 Å². The Balaban J connectivity index is 1.20. The molecule has 0 saturated carbocycles. The predicted octanol–water partition coefficient (Wildman–Crippen LogP) is 5.63. The first-order valence-corrected chi connectivity index (χ1v) is 12.2. The van der Waals surface area contributed by atoms with Crippen LogP contribution in [-0.4, -0.2) is 53.3 Å². The molecule has 0 aliphatic carbocycles. The van der Waals surface area contributed by atoms with E-state index in [2.05, 4.69) is 21.8 Å². The molecule has 2 heterocycles. The summed E-state index contributed by atoms with van der Waals surface area (Å²) in [5.74, 6) is 0.922. The Hall–Kier alpha value is -2.74. The van der Waals surface area contributed by atoms with E-state index in [1.807, 2.05) is 31.7 Å². The maximum absolute atomic E-state index is 12.7. The van der Waals surface area contributed by atoms with Gasteiger partial charge in [0, 0.05) is 25.7 Å². The van der Waals surface area contributed by atoms with Gasteiger partial charge >= 0.3 is 6.36 Å². The maximum Gasteiger partial charge on any atom is 0.573 e. The third-order valence-corrected chi connectivity index (χ3v) is 7.06. The summed E-state index contributed by atoms with van der Waals surface area (Å²) < 4.78 is 46.9. The summed E-state index contributed by atoms with van der Waals surface area (Å²) in [6.45, 7) is 9.06. The Morgan fingerprint density at radius 1 is 1.06 bits per heavy atom. The molecule has 1 amide bonds. The van der Waals surface area contributed by atoms with Gasteiger partial charge in [0.2, 0.25) is 5.91 Å². The number of alkyl halides is 3. The van der Waals surface area contributed by atoms with E-state index in [4.69, 9.17) is 4.74 Å². The first-order chi connectivity index (χ1) is 16.5. The highest BCUT2D eigenvalue weighted by Crippen LogP contribution is 2.43. The van der Waals surface area contributed by atoms with E-state index in [0.717, 1.165) is 55.6 Å². The zero-order valence-corrected chi connectivity index (χ0v) is 20.5. The van der Waals surface area contributed by atoms with Gasteiger partial charge in [0.05, 0.1) is 6.61 Å². The second-order valence-electron chi connectivity index (χ2n) is 9.87. The molecule has 5 nitrogen and oxygen atoms in total. The van der Waals surface area contributed by atoms with Gasteiger partial charge in [-0.15, -0.1) is 13.2 Å². The third kappa shape index (κ3) is 6.28. The second-order valence-corrected chi connectivity index (χ2v) is 9.87. The lowest BCUT2D eigenvalue weighted by atomic mass is 10.0. The standard InChI is InChI=1S/C27H33F3N2O3/c1-19-5-6-20(2)24(17-19)34-16-4-13-26(3)25(33)32(26)22-11-14-31(15-12-22)18-21-7-9-23(10-8-21)35-27(28,29)30/h5-10,17,22H,4,11-16,18H2,1-3H3. The second kappa shape index (κ2) is 10.1. The number of halogens is 3. The summed E-state index contributed by atoms with van der Waals surface area (Å²) in [6, 6.07) is 12.4. The molecule has 0 N–H and O–H groups in total. The lowest BCUT2D eigenvalue weighted by Gasteiger charge is -2.33. The molecule has 2 aliphatic rings. The number of piperidine rings is 1. The molecule has 2 aromatic carbocycles. The van der Waals surface area contributed by atoms with E-state index < -0.39 is 11.9 Å². The molecule has 1 atom stereocenters. The summed E-state index contributed by atoms with van der Waals surface area (Å²) in [5, 5.41) is 0. The number of rotatable bonds is 9. The fraction of sp³-hybridized carbons (Fsp3) is 0.519. The van der Waals surface area contributed by atoms with Crippen molar-refractivity contribution in [3.05, 3.63) is 59.2 Å². The Bertz CT molecular complexity index is 1030. The largest absolute Gasteiger partial charge is 0.573 e. The van der Waals surface area contributed by atoms with Crippen molar-refractivity contribution >= 4 is 5.91 Å². The van der Waals surface area contributed by atoms with Crippen molar-refractivity contribution in [1.29, 1.82) is 0 Å². The first kappa shape index (κ1) is 25.4. The van der Waals surface area contributed by atoms with Crippen molar-refractivity contribution in [2.75, 3.05) is 19.7 Å². The van der Waals surface area contributed by atoms with Gasteiger partial charge < -0.3 is 14.4 Å². The molecule has 2 saturated heterocycles. The molecule has 0 spiro atoms. The van der Waals surface area contributed by atoms with Crippen LogP contribution in [0.2, 0.25) is 0 Å². The van der Waals surface area contributed by atoms with Crippen molar-refractivity contribution in [3.63, 3.8) is 0 Å². The van der Waals surface area contributed by atoms with Crippen LogP contribution in [0.4, 0.5) is 13.2 Å². The van der Waals surface area contributed by atoms with Crippen molar-refractivity contribution in [3.8, 4) is 11.5 Å². The van der Waals surface area contributed by atoms with Crippen LogP contribution in [0.5, 0.6) is 11.5 Å². The zero-order valence-electron chi connectivity index (χ0n) is 20.5. The minimum absolute atomic E-state index is 0.210. The Labute approximate surface area is 204 Å². The minimum atomic E-state index is -4.68. The maximum atomic E-state index is 12.7. The van der Waals surface area contributed by atoms with E-state index in [1.165, 1.54) is 17.7 Å². The quantitative estimate of drug-likeness (QED) is 0.338. The van der Waals surface area contributed by atoms with E-state index in [-0.39, 0.29) is 17.7 Å². The summed E-state index contributed by atoms with van der Waals surface area (Å²) in [4.78, 5) is 17.0. The molecule has 8 heteroatoms. The topological polar surface area (TPSA) is 41.8 Å². The Morgan fingerprint density at radius 2 is 1.74 bits per heavy atom. The molecule has 0 radical (unpaired) electrons. The molecule has 35 heavy (non-hydrogen) atoms. The molecular formula is C27H33F3N2O3. The molecule has 190 valence electrons. The number of amides is 1. The van der Waals surface area contributed by atoms with E-state index >= 15 is 0 Å². The van der Waals surface area contributed by atoms with Gasteiger partial charge in [0.1, 0.15) is 17.0 Å². The van der Waals surface area contributed by atoms with Crippen LogP contribution >= 0.6 is 0 Å². The van der Waals surface area contributed by atoms with Gasteiger partial charge in [-0.25, -0.2) is 0 Å². The smallest absolute Gasteiger partial charge is 0.493 e. The number of carbonyl (C=O) groups excluding carboxylic acids is 1. The fourth-order valence-electron chi connectivity index (χ4n) is 5.01. The number of ether oxygens (including phenoxy) is 2. The number of hydrogen-bond acceptors (Lipinski definition) is 4. The summed E-state index contributed by atoms with van der Waals surface area (Å²) in [5.41, 5.74) is 2.82. The third-order valence-electron chi connectivity index (χ3n) is 7.06. The number of aryl methyl sites for hydroxylation is 2. The molecular weight excluding hydrogens is 457 g/mol. The molecule has 0 aromatic heterocycles. The van der Waals surface area contributed by atoms with Gasteiger partial charge in [-0.2, -0.15) is 0 Å². The van der Waals surface area contributed by atoms with Crippen LogP contribution in [0.3, 0.4) is 0 Å². The predicted molar refractivity (Wildman–Crippen MR) is 127 cm³/mol. The van der Waals surface area contributed by atoms with Gasteiger partial charge in [-0.3, -0.25) is 9.69 Å². The molecule has 2 fully saturated rings. The van der Waals surface area contributed by atoms with Crippen LogP contribution in [0.25, 0.3) is 0 Å². The molecule has 2 aromatic rings. The average molecular weight is 491 g/mol. The van der Waals surface area contributed by atoms with Gasteiger partial charge in [0.15, 0.2) is 0 Å². The van der Waals surface area contributed by atoms with Gasteiger partial charge in [-0.05, 0) is 81.3 Å². The van der Waals surface area contributed by atoms with Crippen molar-refractivity contribution in [1.82, 2.24) is 9.80 Å². The minimum Gasteiger partial charge on any atom is -0.493 e. The monoisotopic (exact) mass is 490 g/mol. The lowest BCUT2D eigenvalue weighted by Crippen LogP contribution is -2.40. The van der Waals surface area contributed by atoms with Crippen molar-refractivity contribution in [2.45, 2.75) is 70.9 Å². The van der Waals surface area contributed by atoms with Crippen LogP contribution < -0.4 is 9.47 Å². The molecule has 2 aliphatic heterocycles. The van der Waals surface area contributed by atoms with Crippen LogP contribution in [0, 0.1) is 13.8 Å². The highest BCUT2D eigenvalue weighted by Gasteiger charge is 2.60. The molecule has 0 bridgehead atoms. The van der Waals surface area contributed by atoms with E-state index in [0.29, 0.717) is 13.2 Å². The van der Waals surface area contributed by atoms with Gasteiger partial charge in [0.25, 0.3) is 0 Å². The first-order valence-electron chi connectivity index (χ1n) is 12.2. The summed E-state index contributed by atoms with van der Waals surface area (Å²) in [6.07, 6.45) is -1.28. The number of benzene rings is 2. The molecule has 1 unspecified atom stereocenters.